The van der Waals surface area contributed by atoms with Crippen LogP contribution in [0.5, 0.6) is 0 Å². The lowest BCUT2D eigenvalue weighted by Gasteiger charge is -2.13. The van der Waals surface area contributed by atoms with Gasteiger partial charge in [-0.3, -0.25) is 4.72 Å². The van der Waals surface area contributed by atoms with Gasteiger partial charge in [-0.2, -0.15) is 0 Å². The van der Waals surface area contributed by atoms with E-state index in [1.54, 1.807) is 18.3 Å². The molecule has 0 aliphatic carbocycles. The molecular weight excluding hydrogens is 340 g/mol. The van der Waals surface area contributed by atoms with Crippen molar-refractivity contribution in [3.05, 3.63) is 58.7 Å². The molecule has 106 valence electrons. The van der Waals surface area contributed by atoms with E-state index in [9.17, 15) is 8.42 Å². The monoisotopic (exact) mass is 354 g/mol. The molecule has 2 aromatic rings. The number of rotatable bonds is 5. The first kappa shape index (κ1) is 15.0. The number of anilines is 1. The fourth-order valence-electron chi connectivity index (χ4n) is 1.84. The second-order valence-electron chi connectivity index (χ2n) is 4.56. The second kappa shape index (κ2) is 6.37. The Hall–Kier alpha value is -1.40. The SMILES string of the molecule is C[C@@H](CS(=O)(=O)Nc1ccc(Br)cn1)c1ccccc1. The smallest absolute Gasteiger partial charge is 0.234 e. The maximum absolute atomic E-state index is 12.1. The number of sulfonamides is 1. The third kappa shape index (κ3) is 4.31. The molecule has 1 aromatic carbocycles. The van der Waals surface area contributed by atoms with Gasteiger partial charge < -0.3 is 0 Å². The highest BCUT2D eigenvalue weighted by molar-refractivity contribution is 9.10. The van der Waals surface area contributed by atoms with E-state index in [1.807, 2.05) is 37.3 Å². The van der Waals surface area contributed by atoms with E-state index in [4.69, 9.17) is 0 Å². The van der Waals surface area contributed by atoms with Crippen molar-refractivity contribution in [2.24, 2.45) is 0 Å². The van der Waals surface area contributed by atoms with Crippen molar-refractivity contribution >= 4 is 31.8 Å². The summed E-state index contributed by atoms with van der Waals surface area (Å²) in [4.78, 5) is 4.01. The lowest BCUT2D eigenvalue weighted by Crippen LogP contribution is -2.21. The minimum Gasteiger partial charge on any atom is -0.267 e. The Balaban J connectivity index is 2.06. The predicted molar refractivity (Wildman–Crippen MR) is 84.2 cm³/mol. The summed E-state index contributed by atoms with van der Waals surface area (Å²) in [6.45, 7) is 1.89. The first-order valence-electron chi connectivity index (χ1n) is 6.13. The number of nitrogens with zero attached hydrogens (tertiary/aromatic N) is 1. The Kier molecular flexibility index (Phi) is 4.77. The number of halogens is 1. The molecule has 1 atom stereocenters. The molecule has 6 heteroatoms. The van der Waals surface area contributed by atoms with Gasteiger partial charge in [0, 0.05) is 10.7 Å². The lowest BCUT2D eigenvalue weighted by molar-refractivity contribution is 0.595. The fraction of sp³-hybridized carbons (Fsp3) is 0.214. The zero-order valence-corrected chi connectivity index (χ0v) is 13.4. The molecule has 0 radical (unpaired) electrons. The Labute approximate surface area is 127 Å². The van der Waals surface area contributed by atoms with Crippen molar-refractivity contribution < 1.29 is 8.42 Å². The molecule has 1 aromatic heterocycles. The molecule has 0 bridgehead atoms. The summed E-state index contributed by atoms with van der Waals surface area (Å²) >= 11 is 3.26. The Morgan fingerprint density at radius 2 is 1.90 bits per heavy atom. The highest BCUT2D eigenvalue weighted by Crippen LogP contribution is 2.18. The van der Waals surface area contributed by atoms with Crippen LogP contribution in [0, 0.1) is 0 Å². The van der Waals surface area contributed by atoms with Gasteiger partial charge >= 0.3 is 0 Å². The molecule has 0 amide bonds. The summed E-state index contributed by atoms with van der Waals surface area (Å²) in [5.41, 5.74) is 1.00. The summed E-state index contributed by atoms with van der Waals surface area (Å²) in [7, 11) is -3.42. The molecule has 0 fully saturated rings. The van der Waals surface area contributed by atoms with Crippen LogP contribution in [0.1, 0.15) is 18.4 Å². The van der Waals surface area contributed by atoms with Crippen molar-refractivity contribution in [1.29, 1.82) is 0 Å². The van der Waals surface area contributed by atoms with E-state index in [0.717, 1.165) is 10.0 Å². The Bertz CT molecular complexity index is 657. The van der Waals surface area contributed by atoms with Crippen LogP contribution in [0.15, 0.2) is 53.1 Å². The number of hydrogen-bond donors (Lipinski definition) is 1. The van der Waals surface area contributed by atoms with Gasteiger partial charge in [0.25, 0.3) is 0 Å². The van der Waals surface area contributed by atoms with E-state index < -0.39 is 10.0 Å². The minimum atomic E-state index is -3.42. The highest BCUT2D eigenvalue weighted by atomic mass is 79.9. The van der Waals surface area contributed by atoms with Gasteiger partial charge in [0.2, 0.25) is 10.0 Å². The third-order valence-electron chi connectivity index (χ3n) is 2.83. The number of benzene rings is 1. The van der Waals surface area contributed by atoms with Crippen LogP contribution in [-0.2, 0) is 10.0 Å². The number of aromatic nitrogens is 1. The van der Waals surface area contributed by atoms with Crippen molar-refractivity contribution in [3.63, 3.8) is 0 Å². The Morgan fingerprint density at radius 1 is 1.20 bits per heavy atom. The molecule has 0 unspecified atom stereocenters. The van der Waals surface area contributed by atoms with Crippen LogP contribution >= 0.6 is 15.9 Å². The molecule has 0 saturated carbocycles. The van der Waals surface area contributed by atoms with Crippen molar-refractivity contribution in [2.45, 2.75) is 12.8 Å². The molecular formula is C14H15BrN2O2S. The normalized spacial score (nSPS) is 12.9. The zero-order valence-electron chi connectivity index (χ0n) is 11.0. The van der Waals surface area contributed by atoms with Crippen LogP contribution in [0.25, 0.3) is 0 Å². The topological polar surface area (TPSA) is 59.1 Å². The first-order chi connectivity index (χ1) is 9.46. The van der Waals surface area contributed by atoms with E-state index in [1.165, 1.54) is 0 Å². The zero-order chi connectivity index (χ0) is 14.6. The van der Waals surface area contributed by atoms with Gasteiger partial charge in [0.15, 0.2) is 0 Å². The summed E-state index contributed by atoms with van der Waals surface area (Å²) in [5, 5.41) is 0. The van der Waals surface area contributed by atoms with Crippen molar-refractivity contribution in [2.75, 3.05) is 10.5 Å². The maximum Gasteiger partial charge on any atom is 0.234 e. The average molecular weight is 355 g/mol. The summed E-state index contributed by atoms with van der Waals surface area (Å²) in [5.74, 6) is 0.270. The van der Waals surface area contributed by atoms with Gasteiger partial charge in [-0.1, -0.05) is 37.3 Å². The summed E-state index contributed by atoms with van der Waals surface area (Å²) in [6.07, 6.45) is 1.55. The van der Waals surface area contributed by atoms with E-state index in [0.29, 0.717) is 5.82 Å². The number of hydrogen-bond acceptors (Lipinski definition) is 3. The maximum atomic E-state index is 12.1. The third-order valence-corrected chi connectivity index (χ3v) is 4.75. The van der Waals surface area contributed by atoms with E-state index in [-0.39, 0.29) is 11.7 Å². The number of nitrogens with one attached hydrogen (secondary N) is 1. The standard InChI is InChI=1S/C14H15BrN2O2S/c1-11(12-5-3-2-4-6-12)10-20(18,19)17-14-8-7-13(15)9-16-14/h2-9,11H,10H2,1H3,(H,16,17)/t11-/m0/s1. The van der Waals surface area contributed by atoms with Gasteiger partial charge in [0.1, 0.15) is 5.82 Å². The second-order valence-corrected chi connectivity index (χ2v) is 7.24. The van der Waals surface area contributed by atoms with Crippen LogP contribution in [-0.4, -0.2) is 19.2 Å². The van der Waals surface area contributed by atoms with Gasteiger partial charge in [-0.15, -0.1) is 0 Å². The van der Waals surface area contributed by atoms with Crippen LogP contribution in [0.3, 0.4) is 0 Å². The van der Waals surface area contributed by atoms with Gasteiger partial charge in [-0.05, 0) is 39.5 Å². The Morgan fingerprint density at radius 3 is 2.50 bits per heavy atom. The molecule has 0 saturated heterocycles. The quantitative estimate of drug-likeness (QED) is 0.894. The molecule has 4 nitrogen and oxygen atoms in total. The average Bonchev–Trinajstić information content (AvgIpc) is 2.41. The molecule has 20 heavy (non-hydrogen) atoms. The van der Waals surface area contributed by atoms with Gasteiger partial charge in [0.05, 0.1) is 5.75 Å². The molecule has 0 spiro atoms. The largest absolute Gasteiger partial charge is 0.267 e. The lowest BCUT2D eigenvalue weighted by atomic mass is 10.0. The molecule has 1 N–H and O–H groups in total. The molecule has 0 aliphatic rings. The van der Waals surface area contributed by atoms with Crippen LogP contribution in [0.4, 0.5) is 5.82 Å². The van der Waals surface area contributed by atoms with E-state index >= 15 is 0 Å². The van der Waals surface area contributed by atoms with Crippen molar-refractivity contribution in [3.8, 4) is 0 Å². The van der Waals surface area contributed by atoms with E-state index in [2.05, 4.69) is 25.6 Å². The molecule has 1 heterocycles. The fourth-order valence-corrected chi connectivity index (χ4v) is 3.45. The highest BCUT2D eigenvalue weighted by Gasteiger charge is 2.17. The molecule has 0 aliphatic heterocycles. The van der Waals surface area contributed by atoms with Crippen LogP contribution < -0.4 is 4.72 Å². The first-order valence-corrected chi connectivity index (χ1v) is 8.58. The minimum absolute atomic E-state index is 0.0226. The molecule has 2 rings (SSSR count). The summed E-state index contributed by atoms with van der Waals surface area (Å²) in [6, 6.07) is 12.9. The number of pyridine rings is 1. The van der Waals surface area contributed by atoms with Crippen molar-refractivity contribution in [1.82, 2.24) is 4.98 Å². The predicted octanol–water partition coefficient (Wildman–Crippen LogP) is 3.39. The summed E-state index contributed by atoms with van der Waals surface area (Å²) < 4.78 is 27.5. The van der Waals surface area contributed by atoms with Gasteiger partial charge in [-0.25, -0.2) is 13.4 Å². The van der Waals surface area contributed by atoms with Crippen LogP contribution in [0.2, 0.25) is 0 Å².